The molecule has 3 atom stereocenters. The lowest BCUT2D eigenvalue weighted by molar-refractivity contribution is 0.0997. The molecule has 76 valence electrons. The van der Waals surface area contributed by atoms with Crippen molar-refractivity contribution in [1.29, 1.82) is 5.41 Å². The first-order chi connectivity index (χ1) is 6.04. The summed E-state index contributed by atoms with van der Waals surface area (Å²) in [5.41, 5.74) is 5.52. The predicted molar refractivity (Wildman–Crippen MR) is 55.9 cm³/mol. The van der Waals surface area contributed by atoms with Crippen molar-refractivity contribution >= 4 is 5.84 Å². The van der Waals surface area contributed by atoms with Crippen molar-refractivity contribution in [3.63, 3.8) is 0 Å². The smallest absolute Gasteiger partial charge is 0.108 e. The molecule has 0 amide bonds. The molecule has 0 aromatic rings. The van der Waals surface area contributed by atoms with Gasteiger partial charge >= 0.3 is 0 Å². The zero-order chi connectivity index (χ0) is 10.0. The molecule has 3 unspecified atom stereocenters. The van der Waals surface area contributed by atoms with Gasteiger partial charge in [0.15, 0.2) is 0 Å². The van der Waals surface area contributed by atoms with Gasteiger partial charge < -0.3 is 5.73 Å². The van der Waals surface area contributed by atoms with E-state index in [0.717, 1.165) is 12.5 Å². The molecular weight excluding hydrogens is 162 g/mol. The van der Waals surface area contributed by atoms with Crippen LogP contribution in [-0.4, -0.2) is 29.4 Å². The van der Waals surface area contributed by atoms with E-state index < -0.39 is 0 Å². The second-order valence-corrected chi connectivity index (χ2v) is 4.23. The van der Waals surface area contributed by atoms with E-state index in [1.165, 1.54) is 12.8 Å². The first-order valence-electron chi connectivity index (χ1n) is 5.13. The summed E-state index contributed by atoms with van der Waals surface area (Å²) >= 11 is 0. The van der Waals surface area contributed by atoms with E-state index in [2.05, 4.69) is 18.7 Å². The highest BCUT2D eigenvalue weighted by molar-refractivity contribution is 5.82. The summed E-state index contributed by atoms with van der Waals surface area (Å²) in [7, 11) is 0. The summed E-state index contributed by atoms with van der Waals surface area (Å²) in [4.78, 5) is 2.34. The third-order valence-corrected chi connectivity index (χ3v) is 3.37. The molecule has 0 bridgehead atoms. The van der Waals surface area contributed by atoms with E-state index in [-0.39, 0.29) is 6.04 Å². The Labute approximate surface area is 80.8 Å². The summed E-state index contributed by atoms with van der Waals surface area (Å²) in [5, 5.41) is 7.43. The molecule has 0 saturated carbocycles. The Morgan fingerprint density at radius 2 is 2.15 bits per heavy atom. The maximum atomic E-state index is 7.43. The number of nitrogens with zero attached hydrogens (tertiary/aromatic N) is 1. The van der Waals surface area contributed by atoms with Gasteiger partial charge in [-0.25, -0.2) is 0 Å². The predicted octanol–water partition coefficient (Wildman–Crippen LogP) is 1.43. The van der Waals surface area contributed by atoms with Gasteiger partial charge in [0.2, 0.25) is 0 Å². The van der Waals surface area contributed by atoms with Crippen molar-refractivity contribution in [3.05, 3.63) is 0 Å². The highest BCUT2D eigenvalue weighted by Crippen LogP contribution is 2.24. The molecule has 3 heteroatoms. The minimum absolute atomic E-state index is 0.109. The van der Waals surface area contributed by atoms with Crippen LogP contribution in [0.1, 0.15) is 33.6 Å². The Morgan fingerprint density at radius 3 is 2.69 bits per heavy atom. The molecule has 0 aromatic heterocycles. The van der Waals surface area contributed by atoms with Crippen LogP contribution in [0.3, 0.4) is 0 Å². The lowest BCUT2D eigenvalue weighted by Gasteiger charge is -2.41. The van der Waals surface area contributed by atoms with Gasteiger partial charge in [0, 0.05) is 6.04 Å². The van der Waals surface area contributed by atoms with Crippen molar-refractivity contribution in [2.75, 3.05) is 6.54 Å². The van der Waals surface area contributed by atoms with Crippen molar-refractivity contribution in [1.82, 2.24) is 4.90 Å². The van der Waals surface area contributed by atoms with Crippen LogP contribution in [0, 0.1) is 11.3 Å². The van der Waals surface area contributed by atoms with E-state index in [1.54, 1.807) is 0 Å². The zero-order valence-corrected chi connectivity index (χ0v) is 8.88. The quantitative estimate of drug-likeness (QED) is 0.502. The van der Waals surface area contributed by atoms with Crippen LogP contribution in [0.5, 0.6) is 0 Å². The van der Waals surface area contributed by atoms with Gasteiger partial charge in [0.05, 0.1) is 6.04 Å². The number of nitrogens with one attached hydrogen (secondary N) is 1. The molecule has 0 aromatic carbocycles. The van der Waals surface area contributed by atoms with Crippen molar-refractivity contribution in [2.45, 2.75) is 45.7 Å². The highest BCUT2D eigenvalue weighted by atomic mass is 15.2. The number of piperidine rings is 1. The third kappa shape index (κ3) is 2.21. The first kappa shape index (κ1) is 10.5. The average molecular weight is 183 g/mol. The van der Waals surface area contributed by atoms with E-state index in [1.807, 2.05) is 6.92 Å². The number of nitrogens with two attached hydrogens (primary N) is 1. The van der Waals surface area contributed by atoms with Gasteiger partial charge in [-0.3, -0.25) is 10.3 Å². The molecule has 1 heterocycles. The molecular formula is C10H21N3. The summed E-state index contributed by atoms with van der Waals surface area (Å²) in [6, 6.07) is 0.672. The van der Waals surface area contributed by atoms with Crippen LogP contribution in [0.15, 0.2) is 0 Å². The molecule has 1 rings (SSSR count). The molecule has 0 radical (unpaired) electrons. The minimum Gasteiger partial charge on any atom is -0.386 e. The standard InChI is InChI=1S/C10H21N3/c1-7-5-4-6-13(8(7)2)9(3)10(11)12/h7-9H,4-6H2,1-3H3,(H3,11,12). The van der Waals surface area contributed by atoms with Crippen LogP contribution in [0.4, 0.5) is 0 Å². The van der Waals surface area contributed by atoms with Crippen molar-refractivity contribution in [3.8, 4) is 0 Å². The van der Waals surface area contributed by atoms with Crippen LogP contribution in [-0.2, 0) is 0 Å². The normalized spacial score (nSPS) is 32.8. The maximum Gasteiger partial charge on any atom is 0.108 e. The molecule has 1 fully saturated rings. The Morgan fingerprint density at radius 1 is 1.54 bits per heavy atom. The molecule has 3 nitrogen and oxygen atoms in total. The van der Waals surface area contributed by atoms with Gasteiger partial charge in [-0.2, -0.15) is 0 Å². The van der Waals surface area contributed by atoms with E-state index in [0.29, 0.717) is 11.9 Å². The number of likely N-dealkylation sites (tertiary alicyclic amines) is 1. The lowest BCUT2D eigenvalue weighted by Crippen LogP contribution is -2.51. The summed E-state index contributed by atoms with van der Waals surface area (Å²) in [5.74, 6) is 1.02. The molecule has 0 spiro atoms. The fraction of sp³-hybridized carbons (Fsp3) is 0.900. The van der Waals surface area contributed by atoms with Gasteiger partial charge in [0.25, 0.3) is 0 Å². The second kappa shape index (κ2) is 4.09. The Kier molecular flexibility index (Phi) is 3.31. The fourth-order valence-electron chi connectivity index (χ4n) is 2.09. The molecule has 1 aliphatic heterocycles. The van der Waals surface area contributed by atoms with E-state index in [4.69, 9.17) is 11.1 Å². The molecule has 0 aliphatic carbocycles. The molecule has 1 aliphatic rings. The van der Waals surface area contributed by atoms with Gasteiger partial charge in [-0.05, 0) is 39.2 Å². The number of amidine groups is 1. The van der Waals surface area contributed by atoms with Gasteiger partial charge in [0.1, 0.15) is 5.84 Å². The maximum absolute atomic E-state index is 7.43. The van der Waals surface area contributed by atoms with Gasteiger partial charge in [-0.1, -0.05) is 6.92 Å². The van der Waals surface area contributed by atoms with E-state index >= 15 is 0 Å². The average Bonchev–Trinajstić information content (AvgIpc) is 2.08. The van der Waals surface area contributed by atoms with Crippen LogP contribution < -0.4 is 5.73 Å². The number of rotatable bonds is 2. The summed E-state index contributed by atoms with van der Waals surface area (Å²) in [6.07, 6.45) is 2.55. The largest absolute Gasteiger partial charge is 0.386 e. The fourth-order valence-corrected chi connectivity index (χ4v) is 2.09. The lowest BCUT2D eigenvalue weighted by atomic mass is 9.91. The molecule has 1 saturated heterocycles. The zero-order valence-electron chi connectivity index (χ0n) is 8.88. The molecule has 3 N–H and O–H groups in total. The SMILES string of the molecule is CC1CCCN(C(C)C(=N)N)C1C. The highest BCUT2D eigenvalue weighted by Gasteiger charge is 2.28. The molecule has 13 heavy (non-hydrogen) atoms. The third-order valence-electron chi connectivity index (χ3n) is 3.37. The Hall–Kier alpha value is -0.570. The Bertz CT molecular complexity index is 191. The second-order valence-electron chi connectivity index (χ2n) is 4.23. The van der Waals surface area contributed by atoms with E-state index in [9.17, 15) is 0 Å². The summed E-state index contributed by atoms with van der Waals surface area (Å²) in [6.45, 7) is 7.63. The topological polar surface area (TPSA) is 53.1 Å². The minimum atomic E-state index is 0.109. The van der Waals surface area contributed by atoms with Crippen LogP contribution >= 0.6 is 0 Å². The van der Waals surface area contributed by atoms with Crippen molar-refractivity contribution < 1.29 is 0 Å². The first-order valence-corrected chi connectivity index (χ1v) is 5.13. The van der Waals surface area contributed by atoms with Crippen LogP contribution in [0.2, 0.25) is 0 Å². The van der Waals surface area contributed by atoms with Crippen LogP contribution in [0.25, 0.3) is 0 Å². The monoisotopic (exact) mass is 183 g/mol. The number of hydrogen-bond donors (Lipinski definition) is 2. The van der Waals surface area contributed by atoms with Gasteiger partial charge in [-0.15, -0.1) is 0 Å². The van der Waals surface area contributed by atoms with Crippen molar-refractivity contribution in [2.24, 2.45) is 11.7 Å². The summed E-state index contributed by atoms with van der Waals surface area (Å²) < 4.78 is 0. The Balaban J connectivity index is 2.62. The number of hydrogen-bond acceptors (Lipinski definition) is 2.